The smallest absolute Gasteiger partial charge is 0.255 e. The number of carbonyl (C=O) groups is 2. The van der Waals surface area contributed by atoms with Crippen LogP contribution in [-0.2, 0) is 0 Å². The van der Waals surface area contributed by atoms with Gasteiger partial charge < -0.3 is 15.1 Å². The molecule has 0 radical (unpaired) electrons. The molecule has 0 aliphatic rings. The molecule has 0 bridgehead atoms. The topological polar surface area (TPSA) is 52.7 Å². The van der Waals surface area contributed by atoms with Crippen molar-refractivity contribution in [3.63, 3.8) is 0 Å². The van der Waals surface area contributed by atoms with Crippen molar-refractivity contribution >= 4 is 23.2 Å². The third kappa shape index (κ3) is 4.59. The molecule has 0 saturated carbocycles. The van der Waals surface area contributed by atoms with Gasteiger partial charge in [0.05, 0.1) is 0 Å². The zero-order valence-electron chi connectivity index (χ0n) is 15.2. The Balaban J connectivity index is 2.05. The van der Waals surface area contributed by atoms with Crippen LogP contribution >= 0.6 is 0 Å². The van der Waals surface area contributed by atoms with Crippen LogP contribution in [0, 0.1) is 0 Å². The van der Waals surface area contributed by atoms with Gasteiger partial charge in [0.1, 0.15) is 0 Å². The fourth-order valence-electron chi connectivity index (χ4n) is 2.57. The van der Waals surface area contributed by atoms with Gasteiger partial charge in [-0.15, -0.1) is 0 Å². The van der Waals surface area contributed by atoms with Gasteiger partial charge >= 0.3 is 0 Å². The molecule has 0 fully saturated rings. The largest absolute Gasteiger partial charge is 0.372 e. The number of nitrogens with one attached hydrogen (secondary N) is 1. The number of carbonyl (C=O) groups excluding carboxylic acids is 2. The molecule has 2 aromatic carbocycles. The van der Waals surface area contributed by atoms with Crippen molar-refractivity contribution in [1.82, 2.24) is 4.90 Å². The fourth-order valence-corrected chi connectivity index (χ4v) is 2.57. The second-order valence-electron chi connectivity index (χ2n) is 5.95. The average molecular weight is 339 g/mol. The van der Waals surface area contributed by atoms with Crippen LogP contribution in [0.15, 0.2) is 48.5 Å². The van der Waals surface area contributed by atoms with Gasteiger partial charge in [-0.3, -0.25) is 9.59 Å². The Morgan fingerprint density at radius 1 is 0.840 bits per heavy atom. The van der Waals surface area contributed by atoms with Crippen molar-refractivity contribution in [2.24, 2.45) is 0 Å². The van der Waals surface area contributed by atoms with Crippen molar-refractivity contribution < 1.29 is 9.59 Å². The molecule has 0 unspecified atom stereocenters. The van der Waals surface area contributed by atoms with Crippen molar-refractivity contribution in [2.75, 3.05) is 37.4 Å². The van der Waals surface area contributed by atoms with E-state index in [0.29, 0.717) is 16.8 Å². The first kappa shape index (κ1) is 18.5. The minimum absolute atomic E-state index is 0.0649. The molecular formula is C20H25N3O2. The molecule has 0 aliphatic heterocycles. The highest BCUT2D eigenvalue weighted by atomic mass is 16.2. The van der Waals surface area contributed by atoms with Crippen LogP contribution in [0.25, 0.3) is 0 Å². The lowest BCUT2D eigenvalue weighted by atomic mass is 10.1. The molecule has 2 rings (SSSR count). The fraction of sp³-hybridized carbons (Fsp3) is 0.300. The highest BCUT2D eigenvalue weighted by Gasteiger charge is 2.10. The van der Waals surface area contributed by atoms with Crippen LogP contribution < -0.4 is 10.2 Å². The second kappa shape index (κ2) is 8.33. The zero-order valence-corrected chi connectivity index (χ0v) is 15.2. The summed E-state index contributed by atoms with van der Waals surface area (Å²) in [6.07, 6.45) is 0. The number of anilines is 2. The molecule has 1 N–H and O–H groups in total. The van der Waals surface area contributed by atoms with Crippen LogP contribution in [0.5, 0.6) is 0 Å². The molecule has 25 heavy (non-hydrogen) atoms. The predicted molar refractivity (Wildman–Crippen MR) is 102 cm³/mol. The monoisotopic (exact) mass is 339 g/mol. The molecule has 5 nitrogen and oxygen atoms in total. The maximum atomic E-state index is 12.4. The standard InChI is InChI=1S/C20H25N3O2/c1-5-23(6-2)18-13-9-15(10-14-18)19(24)21-17-11-7-16(8-12-17)20(25)22(3)4/h7-14H,5-6H2,1-4H3,(H,21,24). The van der Waals surface area contributed by atoms with E-state index >= 15 is 0 Å². The maximum Gasteiger partial charge on any atom is 0.255 e. The zero-order chi connectivity index (χ0) is 18.4. The van der Waals surface area contributed by atoms with E-state index in [2.05, 4.69) is 24.1 Å². The van der Waals surface area contributed by atoms with E-state index in [9.17, 15) is 9.59 Å². The van der Waals surface area contributed by atoms with Crippen LogP contribution in [0.2, 0.25) is 0 Å². The minimum Gasteiger partial charge on any atom is -0.372 e. The highest BCUT2D eigenvalue weighted by Crippen LogP contribution is 2.17. The van der Waals surface area contributed by atoms with Gasteiger partial charge in [-0.05, 0) is 62.4 Å². The summed E-state index contributed by atoms with van der Waals surface area (Å²) in [6.45, 7) is 6.07. The second-order valence-corrected chi connectivity index (χ2v) is 5.95. The molecule has 2 aromatic rings. The Hall–Kier alpha value is -2.82. The van der Waals surface area contributed by atoms with Gasteiger partial charge in [0, 0.05) is 49.7 Å². The van der Waals surface area contributed by atoms with Crippen molar-refractivity contribution in [3.8, 4) is 0 Å². The molecule has 0 aliphatic carbocycles. The Morgan fingerprint density at radius 3 is 1.84 bits per heavy atom. The lowest BCUT2D eigenvalue weighted by molar-refractivity contribution is 0.0827. The summed E-state index contributed by atoms with van der Waals surface area (Å²) in [5.74, 6) is -0.234. The summed E-state index contributed by atoms with van der Waals surface area (Å²) in [7, 11) is 3.42. The summed E-state index contributed by atoms with van der Waals surface area (Å²) in [5.41, 5.74) is 2.96. The third-order valence-corrected chi connectivity index (χ3v) is 4.05. The van der Waals surface area contributed by atoms with E-state index < -0.39 is 0 Å². The van der Waals surface area contributed by atoms with Crippen LogP contribution in [0.3, 0.4) is 0 Å². The molecule has 0 spiro atoms. The van der Waals surface area contributed by atoms with E-state index in [-0.39, 0.29) is 11.8 Å². The van der Waals surface area contributed by atoms with E-state index in [1.807, 2.05) is 24.3 Å². The van der Waals surface area contributed by atoms with Gasteiger partial charge in [0.2, 0.25) is 0 Å². The lowest BCUT2D eigenvalue weighted by Gasteiger charge is -2.21. The van der Waals surface area contributed by atoms with Crippen LogP contribution in [-0.4, -0.2) is 43.9 Å². The first-order valence-electron chi connectivity index (χ1n) is 8.44. The first-order chi connectivity index (χ1) is 12.0. The highest BCUT2D eigenvalue weighted by molar-refractivity contribution is 6.04. The molecule has 0 saturated heterocycles. The van der Waals surface area contributed by atoms with Gasteiger partial charge in [-0.25, -0.2) is 0 Å². The summed E-state index contributed by atoms with van der Waals surface area (Å²) in [5, 5.41) is 2.85. The molecule has 0 aromatic heterocycles. The van der Waals surface area contributed by atoms with E-state index in [1.165, 1.54) is 4.90 Å². The average Bonchev–Trinajstić information content (AvgIpc) is 2.63. The maximum absolute atomic E-state index is 12.4. The Bertz CT molecular complexity index is 718. The summed E-state index contributed by atoms with van der Waals surface area (Å²) in [6, 6.07) is 14.5. The molecule has 132 valence electrons. The SMILES string of the molecule is CCN(CC)c1ccc(C(=O)Nc2ccc(C(=O)N(C)C)cc2)cc1. The van der Waals surface area contributed by atoms with Crippen LogP contribution in [0.1, 0.15) is 34.6 Å². The molecule has 0 heterocycles. The van der Waals surface area contributed by atoms with Crippen molar-refractivity contribution in [3.05, 3.63) is 59.7 Å². The quantitative estimate of drug-likeness (QED) is 0.876. The summed E-state index contributed by atoms with van der Waals surface area (Å²) >= 11 is 0. The summed E-state index contributed by atoms with van der Waals surface area (Å²) < 4.78 is 0. The van der Waals surface area contributed by atoms with Gasteiger partial charge in [0.25, 0.3) is 11.8 Å². The Kier molecular flexibility index (Phi) is 6.17. The first-order valence-corrected chi connectivity index (χ1v) is 8.44. The number of rotatable bonds is 6. The van der Waals surface area contributed by atoms with Gasteiger partial charge in [-0.1, -0.05) is 0 Å². The van der Waals surface area contributed by atoms with Gasteiger partial charge in [0.15, 0.2) is 0 Å². The molecule has 2 amide bonds. The summed E-state index contributed by atoms with van der Waals surface area (Å²) in [4.78, 5) is 28.0. The van der Waals surface area contributed by atoms with E-state index in [4.69, 9.17) is 0 Å². The number of hydrogen-bond acceptors (Lipinski definition) is 3. The van der Waals surface area contributed by atoms with Crippen molar-refractivity contribution in [1.29, 1.82) is 0 Å². The number of hydrogen-bond donors (Lipinski definition) is 1. The lowest BCUT2D eigenvalue weighted by Crippen LogP contribution is -2.22. The number of benzene rings is 2. The number of nitrogens with zero attached hydrogens (tertiary/aromatic N) is 2. The van der Waals surface area contributed by atoms with Crippen molar-refractivity contribution in [2.45, 2.75) is 13.8 Å². The number of amides is 2. The van der Waals surface area contributed by atoms with E-state index in [1.54, 1.807) is 38.4 Å². The van der Waals surface area contributed by atoms with Gasteiger partial charge in [-0.2, -0.15) is 0 Å². The minimum atomic E-state index is -0.169. The predicted octanol–water partition coefficient (Wildman–Crippen LogP) is 3.49. The normalized spacial score (nSPS) is 10.2. The third-order valence-electron chi connectivity index (χ3n) is 4.05. The van der Waals surface area contributed by atoms with E-state index in [0.717, 1.165) is 18.8 Å². The molecule has 0 atom stereocenters. The molecular weight excluding hydrogens is 314 g/mol. The Morgan fingerprint density at radius 2 is 1.36 bits per heavy atom. The Labute approximate surface area is 149 Å². The molecule has 5 heteroatoms. The van der Waals surface area contributed by atoms with Crippen LogP contribution in [0.4, 0.5) is 11.4 Å².